The SMILES string of the molecule is COC(=O)[C@H]1O[C@]23C[C@H](OC(C)=O)[C@@H]4C(C)(C)CCC[C@]4(C)[C@@H]2CC[C@H]1O3. The Morgan fingerprint density at radius 1 is 1.07 bits per heavy atom. The number of ether oxygens (including phenoxy) is 4. The van der Waals surface area contributed by atoms with E-state index in [4.69, 9.17) is 18.9 Å². The Bertz CT molecular complexity index is 645. The molecule has 4 aliphatic rings. The van der Waals surface area contributed by atoms with Crippen molar-refractivity contribution in [2.75, 3.05) is 7.11 Å². The second-order valence-electron chi connectivity index (χ2n) is 9.84. The fourth-order valence-corrected chi connectivity index (χ4v) is 7.12. The Balaban J connectivity index is 1.75. The first-order chi connectivity index (χ1) is 12.6. The monoisotopic (exact) mass is 380 g/mol. The van der Waals surface area contributed by atoms with Gasteiger partial charge in [-0.2, -0.15) is 0 Å². The van der Waals surface area contributed by atoms with Gasteiger partial charge in [0.05, 0.1) is 13.2 Å². The Labute approximate surface area is 161 Å². The number of carbonyl (C=O) groups is 2. The first kappa shape index (κ1) is 19.2. The lowest BCUT2D eigenvalue weighted by Gasteiger charge is -2.64. The predicted molar refractivity (Wildman–Crippen MR) is 96.6 cm³/mol. The second kappa shape index (κ2) is 6.18. The Morgan fingerprint density at radius 2 is 1.81 bits per heavy atom. The molecule has 2 heterocycles. The highest BCUT2D eigenvalue weighted by Crippen LogP contribution is 2.67. The zero-order valence-electron chi connectivity index (χ0n) is 17.1. The van der Waals surface area contributed by atoms with Gasteiger partial charge in [-0.15, -0.1) is 0 Å². The molecule has 0 amide bonds. The van der Waals surface area contributed by atoms with E-state index in [-0.39, 0.29) is 46.8 Å². The number of hydrogen-bond donors (Lipinski definition) is 0. The minimum Gasteiger partial charge on any atom is -0.467 e. The molecule has 0 aromatic heterocycles. The number of carbonyl (C=O) groups excluding carboxylic acids is 2. The molecule has 7 atom stereocenters. The molecule has 4 rings (SSSR count). The van der Waals surface area contributed by atoms with Crippen LogP contribution in [0.1, 0.15) is 66.2 Å². The molecule has 27 heavy (non-hydrogen) atoms. The summed E-state index contributed by atoms with van der Waals surface area (Å²) in [6.07, 6.45) is 4.35. The summed E-state index contributed by atoms with van der Waals surface area (Å²) < 4.78 is 23.5. The maximum atomic E-state index is 12.2. The van der Waals surface area contributed by atoms with Gasteiger partial charge in [0, 0.05) is 25.2 Å². The molecular formula is C21H32O6. The van der Waals surface area contributed by atoms with Crippen LogP contribution in [0.4, 0.5) is 0 Å². The molecule has 2 aliphatic heterocycles. The fraction of sp³-hybridized carbons (Fsp3) is 0.905. The lowest BCUT2D eigenvalue weighted by molar-refractivity contribution is -0.318. The van der Waals surface area contributed by atoms with Gasteiger partial charge in [0.1, 0.15) is 6.10 Å². The van der Waals surface area contributed by atoms with E-state index in [2.05, 4.69) is 20.8 Å². The van der Waals surface area contributed by atoms with Crippen molar-refractivity contribution < 1.29 is 28.5 Å². The van der Waals surface area contributed by atoms with Crippen LogP contribution < -0.4 is 0 Å². The summed E-state index contributed by atoms with van der Waals surface area (Å²) >= 11 is 0. The van der Waals surface area contributed by atoms with Gasteiger partial charge in [0.25, 0.3) is 0 Å². The van der Waals surface area contributed by atoms with Crippen molar-refractivity contribution >= 4 is 11.9 Å². The van der Waals surface area contributed by atoms with Crippen LogP contribution in [0.15, 0.2) is 0 Å². The number of hydrogen-bond acceptors (Lipinski definition) is 6. The molecule has 0 aromatic rings. The highest BCUT2D eigenvalue weighted by Gasteiger charge is 2.70. The van der Waals surface area contributed by atoms with Crippen molar-refractivity contribution in [3.05, 3.63) is 0 Å². The molecule has 6 nitrogen and oxygen atoms in total. The zero-order valence-corrected chi connectivity index (χ0v) is 17.1. The first-order valence-corrected chi connectivity index (χ1v) is 10.2. The van der Waals surface area contributed by atoms with E-state index in [1.165, 1.54) is 14.0 Å². The molecule has 0 aromatic carbocycles. The topological polar surface area (TPSA) is 71.1 Å². The van der Waals surface area contributed by atoms with Crippen LogP contribution in [0.25, 0.3) is 0 Å². The molecule has 2 saturated carbocycles. The Morgan fingerprint density at radius 3 is 2.48 bits per heavy atom. The van der Waals surface area contributed by atoms with E-state index in [0.29, 0.717) is 6.42 Å². The number of fused-ring (bicyclic) bond motifs is 3. The molecule has 152 valence electrons. The van der Waals surface area contributed by atoms with Gasteiger partial charge in [0.2, 0.25) is 0 Å². The quantitative estimate of drug-likeness (QED) is 0.685. The molecule has 0 radical (unpaired) electrons. The van der Waals surface area contributed by atoms with Crippen molar-refractivity contribution in [3.63, 3.8) is 0 Å². The third kappa shape index (κ3) is 2.74. The fourth-order valence-electron chi connectivity index (χ4n) is 7.12. The van der Waals surface area contributed by atoms with Gasteiger partial charge < -0.3 is 18.9 Å². The van der Waals surface area contributed by atoms with E-state index >= 15 is 0 Å². The van der Waals surface area contributed by atoms with E-state index in [9.17, 15) is 9.59 Å². The molecule has 6 heteroatoms. The average molecular weight is 380 g/mol. The predicted octanol–water partition coefficient (Wildman–Crippen LogP) is 3.22. The first-order valence-electron chi connectivity index (χ1n) is 10.2. The third-order valence-corrected chi connectivity index (χ3v) is 7.78. The number of methoxy groups -OCH3 is 1. The van der Waals surface area contributed by atoms with Gasteiger partial charge >= 0.3 is 11.9 Å². The summed E-state index contributed by atoms with van der Waals surface area (Å²) in [6.45, 7) is 8.37. The largest absolute Gasteiger partial charge is 0.467 e. The maximum Gasteiger partial charge on any atom is 0.337 e. The van der Waals surface area contributed by atoms with Gasteiger partial charge in [-0.1, -0.05) is 27.2 Å². The maximum absolute atomic E-state index is 12.2. The van der Waals surface area contributed by atoms with Gasteiger partial charge in [-0.3, -0.25) is 4.79 Å². The highest BCUT2D eigenvalue weighted by atomic mass is 16.8. The van der Waals surface area contributed by atoms with E-state index in [1.807, 2.05) is 0 Å². The summed E-state index contributed by atoms with van der Waals surface area (Å²) in [5, 5.41) is 0. The zero-order chi connectivity index (χ0) is 19.6. The van der Waals surface area contributed by atoms with Crippen LogP contribution in [0.5, 0.6) is 0 Å². The third-order valence-electron chi connectivity index (χ3n) is 7.78. The van der Waals surface area contributed by atoms with Crippen molar-refractivity contribution in [1.29, 1.82) is 0 Å². The van der Waals surface area contributed by atoms with Crippen molar-refractivity contribution in [3.8, 4) is 0 Å². The van der Waals surface area contributed by atoms with E-state index in [0.717, 1.165) is 32.1 Å². The lowest BCUT2D eigenvalue weighted by atomic mass is 9.45. The lowest BCUT2D eigenvalue weighted by Crippen LogP contribution is -2.65. The number of esters is 2. The highest BCUT2D eigenvalue weighted by molar-refractivity contribution is 5.75. The molecule has 2 bridgehead atoms. The molecule has 0 N–H and O–H groups in total. The number of rotatable bonds is 2. The molecule has 1 spiro atoms. The second-order valence-corrected chi connectivity index (χ2v) is 9.84. The van der Waals surface area contributed by atoms with Crippen LogP contribution in [0.3, 0.4) is 0 Å². The molecule has 2 aliphatic carbocycles. The summed E-state index contributed by atoms with van der Waals surface area (Å²) in [6, 6.07) is 0. The summed E-state index contributed by atoms with van der Waals surface area (Å²) in [4.78, 5) is 24.1. The van der Waals surface area contributed by atoms with Crippen LogP contribution in [-0.2, 0) is 28.5 Å². The molecule has 0 unspecified atom stereocenters. The summed E-state index contributed by atoms with van der Waals surface area (Å²) in [5.41, 5.74) is 0.0159. The van der Waals surface area contributed by atoms with Crippen molar-refractivity contribution in [1.82, 2.24) is 0 Å². The van der Waals surface area contributed by atoms with Gasteiger partial charge in [0.15, 0.2) is 11.9 Å². The van der Waals surface area contributed by atoms with E-state index < -0.39 is 11.9 Å². The Kier molecular flexibility index (Phi) is 4.39. The molecule has 4 fully saturated rings. The van der Waals surface area contributed by atoms with Crippen LogP contribution in [0, 0.1) is 22.7 Å². The average Bonchev–Trinajstić information content (AvgIpc) is 2.83. The van der Waals surface area contributed by atoms with Gasteiger partial charge in [-0.25, -0.2) is 4.79 Å². The minimum atomic E-state index is -0.861. The van der Waals surface area contributed by atoms with Crippen LogP contribution >= 0.6 is 0 Å². The van der Waals surface area contributed by atoms with E-state index in [1.54, 1.807) is 0 Å². The molecular weight excluding hydrogens is 348 g/mol. The normalized spacial score (nSPS) is 47.5. The molecule has 2 saturated heterocycles. The Hall–Kier alpha value is -1.14. The minimum absolute atomic E-state index is 0.0594. The smallest absolute Gasteiger partial charge is 0.337 e. The van der Waals surface area contributed by atoms with Crippen molar-refractivity contribution in [2.24, 2.45) is 22.7 Å². The standard InChI is InChI=1S/C21H32O6/c1-12(22)25-14-11-21-15(20(4)10-6-9-19(2,3)17(14)20)8-7-13(26-21)16(27-21)18(23)24-5/h13-17H,6-11H2,1-5H3/t13-,14+,15+,16+,17-,20-,21-/m1/s1. The summed E-state index contributed by atoms with van der Waals surface area (Å²) in [5.74, 6) is -1.07. The van der Waals surface area contributed by atoms with Gasteiger partial charge in [-0.05, 0) is 36.5 Å². The van der Waals surface area contributed by atoms with Crippen LogP contribution in [-0.4, -0.2) is 43.1 Å². The van der Waals surface area contributed by atoms with Crippen molar-refractivity contribution in [2.45, 2.75) is 90.3 Å². The van der Waals surface area contributed by atoms with Crippen LogP contribution in [0.2, 0.25) is 0 Å². The summed E-state index contributed by atoms with van der Waals surface area (Å²) in [7, 11) is 1.38.